The first-order valence-corrected chi connectivity index (χ1v) is 5.17. The van der Waals surface area contributed by atoms with Crippen molar-refractivity contribution in [3.63, 3.8) is 0 Å². The van der Waals surface area contributed by atoms with Crippen molar-refractivity contribution in [2.45, 2.75) is 19.4 Å². The molecule has 2 aromatic rings. The van der Waals surface area contributed by atoms with Gasteiger partial charge in [-0.15, -0.1) is 0 Å². The molecule has 0 bridgehead atoms. The summed E-state index contributed by atoms with van der Waals surface area (Å²) in [5, 5.41) is 1.11. The summed E-state index contributed by atoms with van der Waals surface area (Å²) in [7, 11) is 1.68. The third-order valence-electron chi connectivity index (χ3n) is 2.76. The maximum Gasteiger partial charge on any atom is 0.128 e. The summed E-state index contributed by atoms with van der Waals surface area (Å²) in [4.78, 5) is 3.22. The molecule has 1 aromatic carbocycles. The predicted molar refractivity (Wildman–Crippen MR) is 62.1 cm³/mol. The van der Waals surface area contributed by atoms with Crippen LogP contribution in [0.25, 0.3) is 10.9 Å². The van der Waals surface area contributed by atoms with Crippen molar-refractivity contribution in [1.29, 1.82) is 0 Å². The first-order chi connectivity index (χ1) is 7.27. The minimum atomic E-state index is 0.0649. The van der Waals surface area contributed by atoms with E-state index in [0.717, 1.165) is 28.6 Å². The van der Waals surface area contributed by atoms with Gasteiger partial charge in [-0.3, -0.25) is 0 Å². The van der Waals surface area contributed by atoms with Crippen LogP contribution in [-0.4, -0.2) is 12.1 Å². The van der Waals surface area contributed by atoms with Crippen LogP contribution in [0.5, 0.6) is 5.75 Å². The van der Waals surface area contributed by atoms with Gasteiger partial charge in [-0.2, -0.15) is 0 Å². The van der Waals surface area contributed by atoms with E-state index in [1.54, 1.807) is 7.11 Å². The van der Waals surface area contributed by atoms with E-state index in [4.69, 9.17) is 10.5 Å². The van der Waals surface area contributed by atoms with Gasteiger partial charge < -0.3 is 15.5 Å². The van der Waals surface area contributed by atoms with Gasteiger partial charge >= 0.3 is 0 Å². The molecular weight excluding hydrogens is 188 g/mol. The zero-order valence-corrected chi connectivity index (χ0v) is 9.08. The van der Waals surface area contributed by atoms with Gasteiger partial charge in [-0.05, 0) is 24.1 Å². The number of aromatic nitrogens is 1. The van der Waals surface area contributed by atoms with Crippen LogP contribution in [0.2, 0.25) is 0 Å². The van der Waals surface area contributed by atoms with Gasteiger partial charge in [0.1, 0.15) is 5.75 Å². The van der Waals surface area contributed by atoms with Gasteiger partial charge in [-0.25, -0.2) is 0 Å². The molecule has 0 unspecified atom stereocenters. The molecule has 0 amide bonds. The first kappa shape index (κ1) is 10.1. The Morgan fingerprint density at radius 1 is 1.47 bits per heavy atom. The highest BCUT2D eigenvalue weighted by Gasteiger charge is 2.13. The zero-order chi connectivity index (χ0) is 10.8. The average molecular weight is 204 g/mol. The van der Waals surface area contributed by atoms with Crippen LogP contribution >= 0.6 is 0 Å². The van der Waals surface area contributed by atoms with Gasteiger partial charge in [0, 0.05) is 23.1 Å². The van der Waals surface area contributed by atoms with Crippen LogP contribution in [0.4, 0.5) is 0 Å². The number of nitrogens with two attached hydrogens (primary N) is 1. The lowest BCUT2D eigenvalue weighted by molar-refractivity contribution is 0.419. The van der Waals surface area contributed by atoms with E-state index >= 15 is 0 Å². The van der Waals surface area contributed by atoms with E-state index in [0.29, 0.717) is 0 Å². The van der Waals surface area contributed by atoms with Crippen LogP contribution in [0, 0.1) is 0 Å². The van der Waals surface area contributed by atoms with Gasteiger partial charge in [0.15, 0.2) is 0 Å². The van der Waals surface area contributed by atoms with E-state index < -0.39 is 0 Å². The fourth-order valence-electron chi connectivity index (χ4n) is 1.86. The first-order valence-electron chi connectivity index (χ1n) is 5.17. The molecule has 0 radical (unpaired) electrons. The van der Waals surface area contributed by atoms with Gasteiger partial charge in [-0.1, -0.05) is 13.0 Å². The van der Waals surface area contributed by atoms with Crippen LogP contribution in [0.15, 0.2) is 24.4 Å². The van der Waals surface area contributed by atoms with Crippen LogP contribution < -0.4 is 10.5 Å². The predicted octanol–water partition coefficient (Wildman–Crippen LogP) is 2.59. The maximum atomic E-state index is 6.05. The highest BCUT2D eigenvalue weighted by molar-refractivity contribution is 5.89. The Morgan fingerprint density at radius 2 is 2.27 bits per heavy atom. The van der Waals surface area contributed by atoms with E-state index in [1.165, 1.54) is 0 Å². The maximum absolute atomic E-state index is 6.05. The van der Waals surface area contributed by atoms with Gasteiger partial charge in [0.2, 0.25) is 0 Å². The SMILES string of the molecule is CC[C@@H](N)c1c[nH]c2cccc(OC)c12. The van der Waals surface area contributed by atoms with Crippen LogP contribution in [0.1, 0.15) is 24.9 Å². The number of hydrogen-bond donors (Lipinski definition) is 2. The summed E-state index contributed by atoms with van der Waals surface area (Å²) >= 11 is 0. The van der Waals surface area contributed by atoms with Crippen molar-refractivity contribution in [3.05, 3.63) is 30.0 Å². The molecule has 0 saturated heterocycles. The van der Waals surface area contributed by atoms with Gasteiger partial charge in [0.05, 0.1) is 7.11 Å². The summed E-state index contributed by atoms with van der Waals surface area (Å²) in [5.41, 5.74) is 8.26. The fraction of sp³-hybridized carbons (Fsp3) is 0.333. The number of ether oxygens (including phenoxy) is 1. The molecule has 3 heteroatoms. The molecule has 1 aromatic heterocycles. The molecule has 2 rings (SSSR count). The summed E-state index contributed by atoms with van der Waals surface area (Å²) < 4.78 is 5.35. The number of fused-ring (bicyclic) bond motifs is 1. The molecule has 1 atom stereocenters. The Morgan fingerprint density at radius 3 is 2.93 bits per heavy atom. The number of hydrogen-bond acceptors (Lipinski definition) is 2. The molecule has 0 fully saturated rings. The monoisotopic (exact) mass is 204 g/mol. The number of benzene rings is 1. The minimum absolute atomic E-state index is 0.0649. The summed E-state index contributed by atoms with van der Waals surface area (Å²) in [6.45, 7) is 2.08. The van der Waals surface area contributed by atoms with Crippen molar-refractivity contribution in [2.24, 2.45) is 5.73 Å². The number of methoxy groups -OCH3 is 1. The molecule has 0 aliphatic heterocycles. The highest BCUT2D eigenvalue weighted by atomic mass is 16.5. The van der Waals surface area contributed by atoms with Crippen molar-refractivity contribution >= 4 is 10.9 Å². The van der Waals surface area contributed by atoms with E-state index in [2.05, 4.69) is 11.9 Å². The summed E-state index contributed by atoms with van der Waals surface area (Å²) in [6.07, 6.45) is 2.90. The van der Waals surface area contributed by atoms with Gasteiger partial charge in [0.25, 0.3) is 0 Å². The second-order valence-corrected chi connectivity index (χ2v) is 3.64. The lowest BCUT2D eigenvalue weighted by atomic mass is 10.0. The molecule has 80 valence electrons. The Kier molecular flexibility index (Phi) is 2.64. The minimum Gasteiger partial charge on any atom is -0.496 e. The second kappa shape index (κ2) is 3.95. The third-order valence-corrected chi connectivity index (χ3v) is 2.76. The molecular formula is C12H16N2O. The average Bonchev–Trinajstić information content (AvgIpc) is 2.71. The number of rotatable bonds is 3. The molecule has 3 N–H and O–H groups in total. The van der Waals surface area contributed by atoms with E-state index in [-0.39, 0.29) is 6.04 Å². The topological polar surface area (TPSA) is 51.0 Å². The smallest absolute Gasteiger partial charge is 0.128 e. The zero-order valence-electron chi connectivity index (χ0n) is 9.08. The number of H-pyrrole nitrogens is 1. The second-order valence-electron chi connectivity index (χ2n) is 3.64. The van der Waals surface area contributed by atoms with Crippen molar-refractivity contribution < 1.29 is 4.74 Å². The third kappa shape index (κ3) is 1.59. The Bertz CT molecular complexity index is 462. The summed E-state index contributed by atoms with van der Waals surface area (Å²) in [6, 6.07) is 6.03. The van der Waals surface area contributed by atoms with E-state index in [1.807, 2.05) is 24.4 Å². The molecule has 15 heavy (non-hydrogen) atoms. The Balaban J connectivity index is 2.65. The molecule has 0 aliphatic rings. The Labute approximate surface area is 89.2 Å². The van der Waals surface area contributed by atoms with Crippen LogP contribution in [-0.2, 0) is 0 Å². The summed E-state index contributed by atoms with van der Waals surface area (Å²) in [5.74, 6) is 0.882. The quantitative estimate of drug-likeness (QED) is 0.807. The van der Waals surface area contributed by atoms with Crippen LogP contribution in [0.3, 0.4) is 0 Å². The molecule has 0 spiro atoms. The number of nitrogens with one attached hydrogen (secondary N) is 1. The highest BCUT2D eigenvalue weighted by Crippen LogP contribution is 2.32. The molecule has 0 saturated carbocycles. The molecule has 0 aliphatic carbocycles. The lowest BCUT2D eigenvalue weighted by Gasteiger charge is -2.09. The van der Waals surface area contributed by atoms with Crippen molar-refractivity contribution in [1.82, 2.24) is 4.98 Å². The number of aromatic amines is 1. The normalized spacial score (nSPS) is 13.0. The molecule has 1 heterocycles. The van der Waals surface area contributed by atoms with Crippen molar-refractivity contribution in [3.8, 4) is 5.75 Å². The fourth-order valence-corrected chi connectivity index (χ4v) is 1.86. The standard InChI is InChI=1S/C12H16N2O/c1-3-9(13)8-7-14-10-5-4-6-11(15-2)12(8)10/h4-7,9,14H,3,13H2,1-2H3/t9-/m1/s1. The molecule has 3 nitrogen and oxygen atoms in total. The van der Waals surface area contributed by atoms with Crippen molar-refractivity contribution in [2.75, 3.05) is 7.11 Å². The van der Waals surface area contributed by atoms with E-state index in [9.17, 15) is 0 Å². The lowest BCUT2D eigenvalue weighted by Crippen LogP contribution is -2.07. The Hall–Kier alpha value is -1.48. The largest absolute Gasteiger partial charge is 0.496 e.